The van der Waals surface area contributed by atoms with E-state index < -0.39 is 0 Å². The Morgan fingerprint density at radius 3 is 2.95 bits per heavy atom. The molecule has 0 radical (unpaired) electrons. The number of halogens is 2. The van der Waals surface area contributed by atoms with Crippen molar-refractivity contribution in [1.29, 1.82) is 0 Å². The Kier molecular flexibility index (Phi) is 4.30. The number of nitrogens with zero attached hydrogens (tertiary/aromatic N) is 3. The number of rotatable bonds is 2. The second kappa shape index (κ2) is 5.81. The molecule has 0 fully saturated rings. The molecule has 0 saturated carbocycles. The van der Waals surface area contributed by atoms with Gasteiger partial charge in [-0.3, -0.25) is 9.36 Å². The summed E-state index contributed by atoms with van der Waals surface area (Å²) in [6.07, 6.45) is 1.76. The highest BCUT2D eigenvalue weighted by atomic mass is 35.5. The van der Waals surface area contributed by atoms with Gasteiger partial charge in [0.15, 0.2) is 0 Å². The molecule has 20 heavy (non-hydrogen) atoms. The summed E-state index contributed by atoms with van der Waals surface area (Å²) >= 11 is 5.49. The summed E-state index contributed by atoms with van der Waals surface area (Å²) in [5.74, 6) is 1.64. The van der Waals surface area contributed by atoms with E-state index >= 15 is 0 Å². The third kappa shape index (κ3) is 2.51. The summed E-state index contributed by atoms with van der Waals surface area (Å²) in [7, 11) is 0. The van der Waals surface area contributed by atoms with E-state index in [-0.39, 0.29) is 24.2 Å². The Bertz CT molecular complexity index is 654. The number of aromatic nitrogens is 3. The van der Waals surface area contributed by atoms with Gasteiger partial charge in [-0.1, -0.05) is 0 Å². The van der Waals surface area contributed by atoms with Crippen molar-refractivity contribution in [3.05, 3.63) is 35.4 Å². The van der Waals surface area contributed by atoms with Crippen molar-refractivity contribution in [2.45, 2.75) is 19.8 Å². The maximum atomic E-state index is 11.3. The summed E-state index contributed by atoms with van der Waals surface area (Å²) in [6, 6.07) is 5.85. The van der Waals surface area contributed by atoms with Crippen LogP contribution in [0.15, 0.2) is 18.2 Å². The number of hydrogen-bond donors (Lipinski definition) is 1. The van der Waals surface area contributed by atoms with Crippen molar-refractivity contribution < 1.29 is 4.79 Å². The number of benzene rings is 1. The third-order valence-corrected chi connectivity index (χ3v) is 3.48. The molecule has 1 aromatic carbocycles. The Morgan fingerprint density at radius 1 is 1.40 bits per heavy atom. The number of anilines is 1. The fraction of sp³-hybridized carbons (Fsp3) is 0.308. The number of amides is 1. The van der Waals surface area contributed by atoms with Crippen LogP contribution in [0.5, 0.6) is 0 Å². The summed E-state index contributed by atoms with van der Waals surface area (Å²) < 4.78 is 2.06. The minimum Gasteiger partial charge on any atom is -0.325 e. The van der Waals surface area contributed by atoms with E-state index in [1.165, 1.54) is 5.56 Å². The monoisotopic (exact) mass is 312 g/mol. The van der Waals surface area contributed by atoms with E-state index in [0.717, 1.165) is 35.9 Å². The van der Waals surface area contributed by atoms with Gasteiger partial charge in [0, 0.05) is 12.1 Å². The molecule has 1 aromatic heterocycles. The van der Waals surface area contributed by atoms with E-state index in [1.807, 2.05) is 25.1 Å². The highest BCUT2D eigenvalue weighted by Crippen LogP contribution is 2.27. The predicted molar refractivity (Wildman–Crippen MR) is 80.1 cm³/mol. The van der Waals surface area contributed by atoms with Crippen molar-refractivity contribution in [1.82, 2.24) is 14.8 Å². The number of nitrogens with one attached hydrogen (secondary N) is 1. The lowest BCUT2D eigenvalue weighted by Crippen LogP contribution is -2.16. The maximum Gasteiger partial charge on any atom is 0.239 e. The molecule has 5 nitrogen and oxygen atoms in total. The van der Waals surface area contributed by atoms with Crippen LogP contribution < -0.4 is 5.32 Å². The Hall–Kier alpha value is -1.59. The van der Waals surface area contributed by atoms with Crippen LogP contribution in [0.3, 0.4) is 0 Å². The van der Waals surface area contributed by atoms with Gasteiger partial charge in [-0.05, 0) is 37.1 Å². The van der Waals surface area contributed by atoms with Crippen molar-refractivity contribution in [2.75, 3.05) is 11.2 Å². The first-order valence-electron chi connectivity index (χ1n) is 6.09. The highest BCUT2D eigenvalue weighted by molar-refractivity contribution is 6.29. The molecule has 3 rings (SSSR count). The minimum absolute atomic E-state index is 0. The van der Waals surface area contributed by atoms with E-state index in [1.54, 1.807) is 0 Å². The lowest BCUT2D eigenvalue weighted by molar-refractivity contribution is -0.113. The molecule has 0 saturated heterocycles. The van der Waals surface area contributed by atoms with Crippen LogP contribution in [0.1, 0.15) is 17.2 Å². The maximum absolute atomic E-state index is 11.3. The number of hydrogen-bond acceptors (Lipinski definition) is 3. The van der Waals surface area contributed by atoms with Gasteiger partial charge in [-0.15, -0.1) is 34.2 Å². The van der Waals surface area contributed by atoms with Crippen molar-refractivity contribution >= 4 is 35.6 Å². The molecule has 2 aromatic rings. The molecule has 1 aliphatic rings. The average molecular weight is 313 g/mol. The summed E-state index contributed by atoms with van der Waals surface area (Å²) in [5, 5.41) is 11.0. The first kappa shape index (κ1) is 14.8. The largest absolute Gasteiger partial charge is 0.325 e. The Labute approximate surface area is 127 Å². The fourth-order valence-electron chi connectivity index (χ4n) is 2.40. The molecule has 0 spiro atoms. The first-order valence-corrected chi connectivity index (χ1v) is 6.62. The van der Waals surface area contributed by atoms with Crippen molar-refractivity contribution in [3.8, 4) is 5.69 Å². The Morgan fingerprint density at radius 2 is 2.20 bits per heavy atom. The van der Waals surface area contributed by atoms with E-state index in [2.05, 4.69) is 20.1 Å². The van der Waals surface area contributed by atoms with Gasteiger partial charge in [0.05, 0.1) is 5.69 Å². The van der Waals surface area contributed by atoms with E-state index in [4.69, 9.17) is 11.6 Å². The molecule has 0 bridgehead atoms. The molecule has 106 valence electrons. The molecular weight excluding hydrogens is 299 g/mol. The van der Waals surface area contributed by atoms with Crippen molar-refractivity contribution in [2.24, 2.45) is 0 Å². The third-order valence-electron chi connectivity index (χ3n) is 3.24. The molecule has 2 heterocycles. The van der Waals surface area contributed by atoms with Crippen LogP contribution in [0.25, 0.3) is 5.69 Å². The van der Waals surface area contributed by atoms with Crippen LogP contribution in [-0.4, -0.2) is 26.6 Å². The molecule has 0 atom stereocenters. The molecule has 1 N–H and O–H groups in total. The van der Waals surface area contributed by atoms with Crippen LogP contribution in [0.2, 0.25) is 0 Å². The summed E-state index contributed by atoms with van der Waals surface area (Å²) in [5.41, 5.74) is 3.05. The van der Waals surface area contributed by atoms with Crippen LogP contribution in [0.4, 0.5) is 5.69 Å². The lowest BCUT2D eigenvalue weighted by atomic mass is 10.0. The van der Waals surface area contributed by atoms with E-state index in [0.29, 0.717) is 0 Å². The van der Waals surface area contributed by atoms with Gasteiger partial charge in [0.25, 0.3) is 0 Å². The summed E-state index contributed by atoms with van der Waals surface area (Å²) in [6.45, 7) is 1.94. The normalized spacial score (nSPS) is 12.1. The smallest absolute Gasteiger partial charge is 0.239 e. The zero-order chi connectivity index (χ0) is 13.4. The average Bonchev–Trinajstić information content (AvgIpc) is 2.80. The summed E-state index contributed by atoms with van der Waals surface area (Å²) in [4.78, 5) is 11.3. The zero-order valence-electron chi connectivity index (χ0n) is 10.9. The SMILES string of the molecule is Cc1nnc2n1-c1ccc(NC(=O)CCl)cc1CC2.Cl. The number of carbonyl (C=O) groups is 1. The van der Waals surface area contributed by atoms with Gasteiger partial charge < -0.3 is 5.32 Å². The molecule has 0 unspecified atom stereocenters. The molecular formula is C13H14Cl2N4O. The van der Waals surface area contributed by atoms with Crippen molar-refractivity contribution in [3.63, 3.8) is 0 Å². The number of carbonyl (C=O) groups excluding carboxylic acids is 1. The van der Waals surface area contributed by atoms with Crippen LogP contribution >= 0.6 is 24.0 Å². The van der Waals surface area contributed by atoms with Gasteiger partial charge in [-0.2, -0.15) is 0 Å². The number of fused-ring (bicyclic) bond motifs is 3. The number of aryl methyl sites for hydroxylation is 3. The zero-order valence-corrected chi connectivity index (χ0v) is 12.5. The first-order chi connectivity index (χ1) is 9.19. The topological polar surface area (TPSA) is 59.8 Å². The lowest BCUT2D eigenvalue weighted by Gasteiger charge is -2.19. The highest BCUT2D eigenvalue weighted by Gasteiger charge is 2.19. The molecule has 0 aliphatic carbocycles. The van der Waals surface area contributed by atoms with E-state index in [9.17, 15) is 4.79 Å². The second-order valence-corrected chi connectivity index (χ2v) is 4.79. The standard InChI is InChI=1S/C13H13ClN4O.ClH/c1-8-16-17-12-5-2-9-6-10(15-13(19)7-14)3-4-11(9)18(8)12;/h3-4,6H,2,5,7H2,1H3,(H,15,19);1H. The molecule has 1 aliphatic heterocycles. The van der Waals surface area contributed by atoms with Gasteiger partial charge in [-0.25, -0.2) is 0 Å². The quantitative estimate of drug-likeness (QED) is 0.865. The second-order valence-electron chi connectivity index (χ2n) is 4.52. The minimum atomic E-state index is -0.196. The van der Waals surface area contributed by atoms with Crippen LogP contribution in [-0.2, 0) is 17.6 Å². The Balaban J connectivity index is 0.00000147. The van der Waals surface area contributed by atoms with Gasteiger partial charge >= 0.3 is 0 Å². The molecule has 7 heteroatoms. The fourth-order valence-corrected chi connectivity index (χ4v) is 2.47. The van der Waals surface area contributed by atoms with Crippen LogP contribution in [0, 0.1) is 6.92 Å². The predicted octanol–water partition coefficient (Wildman–Crippen LogP) is 2.27. The number of alkyl halides is 1. The van der Waals surface area contributed by atoms with Gasteiger partial charge in [0.2, 0.25) is 5.91 Å². The molecule has 1 amide bonds. The van der Waals surface area contributed by atoms with Gasteiger partial charge in [0.1, 0.15) is 17.5 Å².